The van der Waals surface area contributed by atoms with Crippen molar-refractivity contribution in [2.45, 2.75) is 13.0 Å². The number of aromatic hydroxyl groups is 1. The first-order chi connectivity index (χ1) is 15.2. The zero-order valence-electron chi connectivity index (χ0n) is 16.7. The average Bonchev–Trinajstić information content (AvgIpc) is 3.05. The highest BCUT2D eigenvalue weighted by Crippen LogP contribution is 2.31. The van der Waals surface area contributed by atoms with Gasteiger partial charge < -0.3 is 9.84 Å². The van der Waals surface area contributed by atoms with Gasteiger partial charge >= 0.3 is 5.97 Å². The SMILES string of the molecule is COC(=O)C1=C(C)N=c2s/c(=C\c3cc(I)cc(I)c3O)c(=O)n2[C@@H]1c1ccc(Cl)cc1. The number of ether oxygens (including phenoxy) is 1. The molecule has 0 unspecified atom stereocenters. The van der Waals surface area contributed by atoms with E-state index in [1.165, 1.54) is 23.0 Å². The summed E-state index contributed by atoms with van der Waals surface area (Å²) in [4.78, 5) is 31.1. The van der Waals surface area contributed by atoms with Crippen molar-refractivity contribution in [2.24, 2.45) is 4.99 Å². The van der Waals surface area contributed by atoms with E-state index in [9.17, 15) is 14.7 Å². The number of rotatable bonds is 3. The van der Waals surface area contributed by atoms with E-state index in [1.807, 2.05) is 6.07 Å². The number of hydrogen-bond donors (Lipinski definition) is 1. The molecule has 0 bridgehead atoms. The largest absolute Gasteiger partial charge is 0.506 e. The lowest BCUT2D eigenvalue weighted by molar-refractivity contribution is -0.136. The Bertz CT molecular complexity index is 1460. The van der Waals surface area contributed by atoms with Crippen LogP contribution in [0.4, 0.5) is 0 Å². The number of carbonyl (C=O) groups is 1. The van der Waals surface area contributed by atoms with Crippen LogP contribution in [0, 0.1) is 7.14 Å². The number of nitrogens with zero attached hydrogens (tertiary/aromatic N) is 2. The van der Waals surface area contributed by atoms with Crippen LogP contribution in [0.5, 0.6) is 5.75 Å². The van der Waals surface area contributed by atoms with Gasteiger partial charge in [0.2, 0.25) is 0 Å². The van der Waals surface area contributed by atoms with Crippen LogP contribution in [-0.2, 0) is 9.53 Å². The van der Waals surface area contributed by atoms with E-state index in [2.05, 4.69) is 50.2 Å². The second-order valence-corrected chi connectivity index (χ2v) is 10.8. The molecular formula is C22H15ClI2N2O4S. The van der Waals surface area contributed by atoms with Crippen LogP contribution in [-0.4, -0.2) is 22.8 Å². The second-order valence-electron chi connectivity index (χ2n) is 6.95. The van der Waals surface area contributed by atoms with Crippen LogP contribution in [0.25, 0.3) is 6.08 Å². The average molecular weight is 693 g/mol. The number of thiazole rings is 1. The lowest BCUT2D eigenvalue weighted by Gasteiger charge is -2.24. The molecule has 0 saturated heterocycles. The summed E-state index contributed by atoms with van der Waals surface area (Å²) < 4.78 is 8.52. The minimum atomic E-state index is -0.706. The molecule has 0 fully saturated rings. The van der Waals surface area contributed by atoms with Crippen molar-refractivity contribution in [3.63, 3.8) is 0 Å². The van der Waals surface area contributed by atoms with Crippen molar-refractivity contribution in [3.05, 3.63) is 90.6 Å². The second kappa shape index (κ2) is 9.27. The Kier molecular flexibility index (Phi) is 6.80. The fourth-order valence-electron chi connectivity index (χ4n) is 3.49. The van der Waals surface area contributed by atoms with Crippen molar-refractivity contribution in [2.75, 3.05) is 7.11 Å². The smallest absolute Gasteiger partial charge is 0.338 e. The maximum atomic E-state index is 13.5. The fourth-order valence-corrected chi connectivity index (χ4v) is 6.54. The van der Waals surface area contributed by atoms with Crippen LogP contribution in [0.15, 0.2) is 57.5 Å². The molecule has 0 radical (unpaired) electrons. The molecule has 10 heteroatoms. The molecule has 6 nitrogen and oxygen atoms in total. The molecular weight excluding hydrogens is 678 g/mol. The zero-order chi connectivity index (χ0) is 23.2. The van der Waals surface area contributed by atoms with Crippen LogP contribution < -0.4 is 14.9 Å². The Hall–Kier alpha value is -1.70. The zero-order valence-corrected chi connectivity index (χ0v) is 22.6. The van der Waals surface area contributed by atoms with Gasteiger partial charge in [-0.3, -0.25) is 9.36 Å². The summed E-state index contributed by atoms with van der Waals surface area (Å²) in [5.74, 6) is -0.442. The standard InChI is InChI=1S/C22H15ClI2N2O4S/c1-10-17(21(30)31-2)18(11-3-5-13(23)6-4-11)27-20(29)16(32-22(27)26-10)8-12-7-14(24)9-15(25)19(12)28/h3-9,18,28H,1-2H3/b16-8-/t18-/m1/s1. The number of allylic oxidation sites excluding steroid dienone is 1. The molecule has 0 aliphatic carbocycles. The van der Waals surface area contributed by atoms with Gasteiger partial charge in [0.15, 0.2) is 4.80 Å². The molecule has 4 rings (SSSR count). The lowest BCUT2D eigenvalue weighted by Crippen LogP contribution is -2.39. The van der Waals surface area contributed by atoms with Gasteiger partial charge in [0, 0.05) is 14.2 Å². The fraction of sp³-hybridized carbons (Fsp3) is 0.136. The summed E-state index contributed by atoms with van der Waals surface area (Å²) in [5, 5.41) is 11.0. The number of aromatic nitrogens is 1. The molecule has 3 aromatic rings. The van der Waals surface area contributed by atoms with Gasteiger partial charge in [-0.15, -0.1) is 0 Å². The van der Waals surface area contributed by atoms with Crippen molar-refractivity contribution < 1.29 is 14.6 Å². The molecule has 32 heavy (non-hydrogen) atoms. The molecule has 2 aromatic carbocycles. The first kappa shape index (κ1) is 23.5. The molecule has 164 valence electrons. The number of hydrogen-bond acceptors (Lipinski definition) is 6. The third-order valence-corrected chi connectivity index (χ3v) is 7.64. The minimum absolute atomic E-state index is 0.109. The first-order valence-electron chi connectivity index (χ1n) is 9.25. The van der Waals surface area contributed by atoms with Crippen LogP contribution in [0.1, 0.15) is 24.1 Å². The topological polar surface area (TPSA) is 80.9 Å². The van der Waals surface area contributed by atoms with Crippen molar-refractivity contribution >= 4 is 80.2 Å². The molecule has 2 heterocycles. The summed E-state index contributed by atoms with van der Waals surface area (Å²) in [5.41, 5.74) is 1.72. The van der Waals surface area contributed by atoms with Gasteiger partial charge in [-0.2, -0.15) is 0 Å². The van der Waals surface area contributed by atoms with Gasteiger partial charge in [-0.05, 0) is 88.0 Å². The predicted molar refractivity (Wildman–Crippen MR) is 141 cm³/mol. The number of phenolic OH excluding ortho intramolecular Hbond substituents is 1. The Balaban J connectivity index is 2.00. The lowest BCUT2D eigenvalue weighted by atomic mass is 9.96. The quantitative estimate of drug-likeness (QED) is 0.333. The number of benzene rings is 2. The first-order valence-corrected chi connectivity index (χ1v) is 12.6. The molecule has 1 aliphatic heterocycles. The number of halogens is 3. The van der Waals surface area contributed by atoms with Crippen molar-refractivity contribution in [1.82, 2.24) is 4.57 Å². The molecule has 1 N–H and O–H groups in total. The highest BCUT2D eigenvalue weighted by Gasteiger charge is 2.33. The van der Waals surface area contributed by atoms with Gasteiger partial charge in [0.1, 0.15) is 5.75 Å². The summed E-state index contributed by atoms with van der Waals surface area (Å²) in [7, 11) is 1.30. The minimum Gasteiger partial charge on any atom is -0.506 e. The normalized spacial score (nSPS) is 16.0. The predicted octanol–water partition coefficient (Wildman–Crippen LogP) is 3.98. The van der Waals surface area contributed by atoms with Gasteiger partial charge in [0.25, 0.3) is 5.56 Å². The van der Waals surface area contributed by atoms with Gasteiger partial charge in [-0.25, -0.2) is 9.79 Å². The molecule has 1 aliphatic rings. The molecule has 0 spiro atoms. The van der Waals surface area contributed by atoms with E-state index >= 15 is 0 Å². The van der Waals surface area contributed by atoms with E-state index in [0.717, 1.165) is 3.57 Å². The monoisotopic (exact) mass is 692 g/mol. The van der Waals surface area contributed by atoms with Gasteiger partial charge in [-0.1, -0.05) is 35.1 Å². The van der Waals surface area contributed by atoms with Crippen molar-refractivity contribution in [3.8, 4) is 5.75 Å². The van der Waals surface area contributed by atoms with E-state index in [0.29, 0.717) is 40.3 Å². The van der Waals surface area contributed by atoms with Crippen LogP contribution in [0.2, 0.25) is 5.02 Å². The van der Waals surface area contributed by atoms with Crippen LogP contribution in [0.3, 0.4) is 0 Å². The number of fused-ring (bicyclic) bond motifs is 1. The highest BCUT2D eigenvalue weighted by molar-refractivity contribution is 14.1. The summed E-state index contributed by atoms with van der Waals surface area (Å²) in [6, 6.07) is 9.92. The molecule has 0 saturated carbocycles. The summed E-state index contributed by atoms with van der Waals surface area (Å²) in [6.45, 7) is 1.72. The third kappa shape index (κ3) is 4.27. The maximum Gasteiger partial charge on any atom is 0.338 e. The Labute approximate surface area is 219 Å². The van der Waals surface area contributed by atoms with E-state index in [1.54, 1.807) is 43.3 Å². The number of carbonyl (C=O) groups excluding carboxylic acids is 1. The number of methoxy groups -OCH3 is 1. The van der Waals surface area contributed by atoms with E-state index in [4.69, 9.17) is 16.3 Å². The Morgan fingerprint density at radius 1 is 1.28 bits per heavy atom. The Morgan fingerprint density at radius 3 is 2.62 bits per heavy atom. The van der Waals surface area contributed by atoms with Crippen molar-refractivity contribution in [1.29, 1.82) is 0 Å². The van der Waals surface area contributed by atoms with E-state index in [-0.39, 0.29) is 11.3 Å². The third-order valence-electron chi connectivity index (χ3n) is 4.96. The number of esters is 1. The summed E-state index contributed by atoms with van der Waals surface area (Å²) in [6.07, 6.45) is 1.65. The number of phenols is 1. The van der Waals surface area contributed by atoms with E-state index < -0.39 is 12.0 Å². The highest BCUT2D eigenvalue weighted by atomic mass is 127. The summed E-state index contributed by atoms with van der Waals surface area (Å²) >= 11 is 11.5. The van der Waals surface area contributed by atoms with Gasteiger partial charge in [0.05, 0.1) is 32.5 Å². The Morgan fingerprint density at radius 2 is 1.97 bits per heavy atom. The molecule has 1 atom stereocenters. The molecule has 0 amide bonds. The maximum absolute atomic E-state index is 13.5. The van der Waals surface area contributed by atoms with Crippen LogP contribution >= 0.6 is 68.1 Å². The molecule has 1 aromatic heterocycles.